The summed E-state index contributed by atoms with van der Waals surface area (Å²) < 4.78 is 0. The van der Waals surface area contributed by atoms with Crippen LogP contribution in [-0.2, 0) is 0 Å². The predicted octanol–water partition coefficient (Wildman–Crippen LogP) is 3.27. The molecule has 1 aliphatic heterocycles. The molecule has 0 radical (unpaired) electrons. The number of nitrogens with zero attached hydrogens (tertiary/aromatic N) is 4. The molecule has 0 bridgehead atoms. The van der Waals surface area contributed by atoms with Crippen LogP contribution in [0.2, 0.25) is 10.0 Å². The molecule has 1 aliphatic rings. The highest BCUT2D eigenvalue weighted by Crippen LogP contribution is 2.29. The van der Waals surface area contributed by atoms with Crippen molar-refractivity contribution in [3.05, 3.63) is 34.5 Å². The van der Waals surface area contributed by atoms with Crippen LogP contribution in [-0.4, -0.2) is 37.6 Å². The first-order valence-electron chi connectivity index (χ1n) is 6.89. The Labute approximate surface area is 137 Å². The second kappa shape index (κ2) is 6.50. The monoisotopic (exact) mass is 340 g/mol. The molecule has 0 aliphatic carbocycles. The van der Waals surface area contributed by atoms with Crippen LogP contribution in [0.4, 0.5) is 10.6 Å². The van der Waals surface area contributed by atoms with Crippen LogP contribution in [0.5, 0.6) is 0 Å². The van der Waals surface area contributed by atoms with Gasteiger partial charge in [-0.3, -0.25) is 10.4 Å². The Kier molecular flexibility index (Phi) is 4.44. The zero-order chi connectivity index (χ0) is 15.5. The van der Waals surface area contributed by atoms with Crippen molar-refractivity contribution in [1.82, 2.24) is 25.1 Å². The van der Waals surface area contributed by atoms with Crippen LogP contribution in [0, 0.1) is 0 Å². The summed E-state index contributed by atoms with van der Waals surface area (Å²) >= 11 is 11.8. The fourth-order valence-electron chi connectivity index (χ4n) is 2.50. The molecule has 9 heteroatoms. The van der Waals surface area contributed by atoms with Gasteiger partial charge in [0.2, 0.25) is 0 Å². The average molecular weight is 341 g/mol. The van der Waals surface area contributed by atoms with Crippen molar-refractivity contribution in [3.63, 3.8) is 0 Å². The van der Waals surface area contributed by atoms with Gasteiger partial charge in [-0.15, -0.1) is 0 Å². The summed E-state index contributed by atoms with van der Waals surface area (Å²) in [6.07, 6.45) is 5.69. The number of nitrogens with one attached hydrogen (secondary N) is 2. The number of H-pyrrole nitrogens is 1. The highest BCUT2D eigenvalue weighted by atomic mass is 35.5. The topological polar surface area (TPSA) is 86.8 Å². The Hall–Kier alpha value is -1.86. The van der Waals surface area contributed by atoms with Gasteiger partial charge in [0.15, 0.2) is 0 Å². The number of hydrogen-bond acceptors (Lipinski definition) is 4. The van der Waals surface area contributed by atoms with Gasteiger partial charge in [0.1, 0.15) is 18.0 Å². The summed E-state index contributed by atoms with van der Waals surface area (Å²) in [5, 5.41) is 10.1. The number of rotatable bonds is 2. The van der Waals surface area contributed by atoms with E-state index < -0.39 is 0 Å². The fraction of sp³-hybridized carbons (Fsp3) is 0.385. The largest absolute Gasteiger partial charge is 0.323 e. The average Bonchev–Trinajstić information content (AvgIpc) is 3.05. The van der Waals surface area contributed by atoms with Crippen molar-refractivity contribution in [2.75, 3.05) is 11.9 Å². The van der Waals surface area contributed by atoms with Crippen LogP contribution < -0.4 is 5.32 Å². The van der Waals surface area contributed by atoms with Crippen LogP contribution in [0.25, 0.3) is 0 Å². The minimum absolute atomic E-state index is 0.112. The fourth-order valence-corrected chi connectivity index (χ4v) is 2.75. The van der Waals surface area contributed by atoms with E-state index >= 15 is 0 Å². The lowest BCUT2D eigenvalue weighted by Gasteiger charge is -2.34. The van der Waals surface area contributed by atoms with E-state index in [2.05, 4.69) is 25.5 Å². The lowest BCUT2D eigenvalue weighted by Crippen LogP contribution is -2.41. The Morgan fingerprint density at radius 1 is 1.32 bits per heavy atom. The van der Waals surface area contributed by atoms with Crippen LogP contribution in [0.3, 0.4) is 0 Å². The van der Waals surface area contributed by atoms with Gasteiger partial charge < -0.3 is 4.90 Å². The van der Waals surface area contributed by atoms with E-state index in [1.54, 1.807) is 4.90 Å². The van der Waals surface area contributed by atoms with E-state index in [-0.39, 0.29) is 12.1 Å². The Morgan fingerprint density at radius 3 is 2.91 bits per heavy atom. The Bertz CT molecular complexity index is 663. The number of hydrogen-bond donors (Lipinski definition) is 2. The molecule has 1 saturated heterocycles. The van der Waals surface area contributed by atoms with E-state index in [1.807, 2.05) is 0 Å². The van der Waals surface area contributed by atoms with Gasteiger partial charge in [-0.2, -0.15) is 5.10 Å². The number of carbonyl (C=O) groups excluding carboxylic acids is 1. The van der Waals surface area contributed by atoms with Gasteiger partial charge in [0.05, 0.1) is 16.1 Å². The molecule has 1 unspecified atom stereocenters. The van der Waals surface area contributed by atoms with Gasteiger partial charge in [-0.1, -0.05) is 23.2 Å². The molecule has 1 atom stereocenters. The number of urea groups is 1. The summed E-state index contributed by atoms with van der Waals surface area (Å²) in [6, 6.07) is 1.17. The highest BCUT2D eigenvalue weighted by Gasteiger charge is 2.30. The number of halogens is 2. The van der Waals surface area contributed by atoms with E-state index in [1.165, 1.54) is 18.6 Å². The number of piperidine rings is 1. The third kappa shape index (κ3) is 3.15. The van der Waals surface area contributed by atoms with E-state index in [4.69, 9.17) is 23.2 Å². The third-order valence-corrected chi connectivity index (χ3v) is 4.27. The third-order valence-electron chi connectivity index (χ3n) is 3.56. The summed E-state index contributed by atoms with van der Waals surface area (Å²) in [6.45, 7) is 0.651. The minimum Gasteiger partial charge on any atom is -0.314 e. The molecule has 0 saturated carbocycles. The molecule has 3 heterocycles. The van der Waals surface area contributed by atoms with Gasteiger partial charge >= 0.3 is 6.03 Å². The molecule has 2 amide bonds. The number of aromatic amines is 1. The first-order valence-corrected chi connectivity index (χ1v) is 7.64. The van der Waals surface area contributed by atoms with Crippen LogP contribution in [0.15, 0.2) is 18.6 Å². The molecule has 1 fully saturated rings. The van der Waals surface area contributed by atoms with E-state index in [9.17, 15) is 4.79 Å². The number of likely N-dealkylation sites (tertiary alicyclic amines) is 1. The van der Waals surface area contributed by atoms with Crippen molar-refractivity contribution >= 4 is 35.1 Å². The maximum absolute atomic E-state index is 12.5. The van der Waals surface area contributed by atoms with Crippen LogP contribution >= 0.6 is 23.2 Å². The maximum Gasteiger partial charge on any atom is 0.323 e. The summed E-state index contributed by atoms with van der Waals surface area (Å²) in [5.41, 5.74) is 0. The Balaban J connectivity index is 1.75. The van der Waals surface area contributed by atoms with Crippen molar-refractivity contribution in [1.29, 1.82) is 0 Å². The number of pyridine rings is 1. The molecule has 2 aromatic rings. The standard InChI is InChI=1S/C13H14Cl2N6O/c14-8-5-11(16-6-9(8)15)19-13(22)21-4-2-1-3-10(21)12-17-7-18-20-12/h5-7,10H,1-4H2,(H,16,19,22)(H,17,18,20). The molecule has 22 heavy (non-hydrogen) atoms. The van der Waals surface area contributed by atoms with Gasteiger partial charge in [0.25, 0.3) is 0 Å². The first-order chi connectivity index (χ1) is 10.6. The van der Waals surface area contributed by atoms with Crippen molar-refractivity contribution < 1.29 is 4.79 Å². The lowest BCUT2D eigenvalue weighted by atomic mass is 10.0. The maximum atomic E-state index is 12.5. The molecule has 0 aromatic carbocycles. The van der Waals surface area contributed by atoms with Crippen molar-refractivity contribution in [2.24, 2.45) is 0 Å². The Morgan fingerprint density at radius 2 is 2.18 bits per heavy atom. The van der Waals surface area contributed by atoms with Crippen LogP contribution in [0.1, 0.15) is 31.1 Å². The second-order valence-corrected chi connectivity index (χ2v) is 5.80. The van der Waals surface area contributed by atoms with Crippen molar-refractivity contribution in [2.45, 2.75) is 25.3 Å². The molecule has 3 rings (SSSR count). The first kappa shape index (κ1) is 15.1. The van der Waals surface area contributed by atoms with Crippen molar-refractivity contribution in [3.8, 4) is 0 Å². The molecular formula is C13H14Cl2N6O. The number of anilines is 1. The van der Waals surface area contributed by atoms with Gasteiger partial charge in [-0.05, 0) is 19.3 Å². The summed E-state index contributed by atoms with van der Waals surface area (Å²) in [4.78, 5) is 22.5. The molecular weight excluding hydrogens is 327 g/mol. The quantitative estimate of drug-likeness (QED) is 0.878. The van der Waals surface area contributed by atoms with Gasteiger partial charge in [-0.25, -0.2) is 14.8 Å². The van der Waals surface area contributed by atoms with E-state index in [0.717, 1.165) is 19.3 Å². The summed E-state index contributed by atoms with van der Waals surface area (Å²) in [5.74, 6) is 1.05. The zero-order valence-electron chi connectivity index (χ0n) is 11.6. The molecule has 2 N–H and O–H groups in total. The SMILES string of the molecule is O=C(Nc1cc(Cl)c(Cl)cn1)N1CCCCC1c1ncn[nH]1. The number of aromatic nitrogens is 4. The minimum atomic E-state index is -0.244. The van der Waals surface area contributed by atoms with Gasteiger partial charge in [0, 0.05) is 18.8 Å². The molecule has 7 nitrogen and oxygen atoms in total. The predicted molar refractivity (Wildman–Crippen MR) is 83.0 cm³/mol. The normalized spacial score (nSPS) is 18.3. The summed E-state index contributed by atoms with van der Waals surface area (Å²) in [7, 11) is 0. The smallest absolute Gasteiger partial charge is 0.314 e. The molecule has 116 valence electrons. The highest BCUT2D eigenvalue weighted by molar-refractivity contribution is 6.42. The number of carbonyl (C=O) groups is 1. The zero-order valence-corrected chi connectivity index (χ0v) is 13.1. The second-order valence-electron chi connectivity index (χ2n) is 4.99. The number of amides is 2. The van der Waals surface area contributed by atoms with E-state index in [0.29, 0.717) is 28.2 Å². The lowest BCUT2D eigenvalue weighted by molar-refractivity contribution is 0.159. The molecule has 0 spiro atoms. The molecule has 2 aromatic heterocycles.